The number of unbranched alkanes of at least 4 members (excludes halogenated alkanes) is 1. The molecule has 0 aromatic heterocycles. The van der Waals surface area contributed by atoms with Gasteiger partial charge in [0.2, 0.25) is 5.91 Å². The number of hydrogen-bond acceptors (Lipinski definition) is 3. The molecule has 0 bridgehead atoms. The molecule has 1 aromatic rings. The molecular formula is C22H35FN4O2. The third-order valence-corrected chi connectivity index (χ3v) is 5.25. The number of amides is 1. The van der Waals surface area contributed by atoms with Gasteiger partial charge in [-0.2, -0.15) is 0 Å². The van der Waals surface area contributed by atoms with E-state index in [0.717, 1.165) is 57.6 Å². The van der Waals surface area contributed by atoms with Crippen molar-refractivity contribution < 1.29 is 13.9 Å². The lowest BCUT2D eigenvalue weighted by Gasteiger charge is -2.29. The lowest BCUT2D eigenvalue weighted by molar-refractivity contribution is -0.138. The smallest absolute Gasteiger partial charge is 0.230 e. The van der Waals surface area contributed by atoms with E-state index in [1.54, 1.807) is 17.0 Å². The summed E-state index contributed by atoms with van der Waals surface area (Å²) in [7, 11) is 3.65. The topological polar surface area (TPSA) is 66.0 Å². The summed E-state index contributed by atoms with van der Waals surface area (Å²) < 4.78 is 18.5. The van der Waals surface area contributed by atoms with E-state index in [0.29, 0.717) is 18.9 Å². The molecule has 0 aliphatic heterocycles. The number of carbonyl (C=O) groups excluding carboxylic acids is 1. The number of nitrogens with zero attached hydrogens (tertiary/aromatic N) is 2. The number of hydrogen-bond donors (Lipinski definition) is 2. The first-order valence-corrected chi connectivity index (χ1v) is 10.6. The van der Waals surface area contributed by atoms with Gasteiger partial charge >= 0.3 is 0 Å². The van der Waals surface area contributed by atoms with Gasteiger partial charge in [-0.3, -0.25) is 9.79 Å². The fraction of sp³-hybridized carbons (Fsp3) is 0.636. The fourth-order valence-corrected chi connectivity index (χ4v) is 3.69. The van der Waals surface area contributed by atoms with E-state index in [1.165, 1.54) is 12.1 Å². The van der Waals surface area contributed by atoms with Crippen molar-refractivity contribution in [2.24, 2.45) is 10.4 Å². The van der Waals surface area contributed by atoms with Crippen molar-refractivity contribution in [2.75, 3.05) is 40.3 Å². The van der Waals surface area contributed by atoms with Crippen LogP contribution in [0.1, 0.15) is 45.4 Å². The normalized spacial score (nSPS) is 15.8. The average Bonchev–Trinajstić information content (AvgIpc) is 3.19. The van der Waals surface area contributed by atoms with E-state index in [-0.39, 0.29) is 17.1 Å². The summed E-state index contributed by atoms with van der Waals surface area (Å²) in [6.07, 6.45) is 5.81. The first-order valence-electron chi connectivity index (χ1n) is 10.6. The van der Waals surface area contributed by atoms with Crippen molar-refractivity contribution in [3.8, 4) is 5.75 Å². The van der Waals surface area contributed by atoms with Gasteiger partial charge in [0.05, 0.1) is 18.6 Å². The van der Waals surface area contributed by atoms with Gasteiger partial charge in [-0.15, -0.1) is 0 Å². The summed E-state index contributed by atoms with van der Waals surface area (Å²) in [5, 5.41) is 6.61. The lowest BCUT2D eigenvalue weighted by atomic mass is 9.85. The Kier molecular flexibility index (Phi) is 9.22. The number of halogens is 1. The van der Waals surface area contributed by atoms with Gasteiger partial charge in [-0.25, -0.2) is 4.39 Å². The van der Waals surface area contributed by atoms with Crippen LogP contribution in [-0.2, 0) is 4.79 Å². The lowest BCUT2D eigenvalue weighted by Crippen LogP contribution is -2.43. The first kappa shape index (κ1) is 23.0. The molecule has 1 saturated carbocycles. The molecule has 2 rings (SSSR count). The largest absolute Gasteiger partial charge is 0.494 e. The Balaban J connectivity index is 1.76. The van der Waals surface area contributed by atoms with Crippen LogP contribution in [0.2, 0.25) is 0 Å². The number of carbonyl (C=O) groups is 1. The summed E-state index contributed by atoms with van der Waals surface area (Å²) in [6.45, 7) is 4.68. The molecule has 1 amide bonds. The van der Waals surface area contributed by atoms with E-state index in [4.69, 9.17) is 9.73 Å². The zero-order chi connectivity index (χ0) is 21.1. The van der Waals surface area contributed by atoms with Crippen molar-refractivity contribution >= 4 is 11.9 Å². The van der Waals surface area contributed by atoms with Gasteiger partial charge in [-0.1, -0.05) is 12.8 Å². The average molecular weight is 407 g/mol. The van der Waals surface area contributed by atoms with Crippen molar-refractivity contribution in [1.82, 2.24) is 15.5 Å². The maximum absolute atomic E-state index is 12.9. The van der Waals surface area contributed by atoms with E-state index < -0.39 is 0 Å². The Hall–Kier alpha value is -2.31. The Morgan fingerprint density at radius 3 is 2.48 bits per heavy atom. The predicted octanol–water partition coefficient (Wildman–Crippen LogP) is 3.19. The molecule has 1 fully saturated rings. The third-order valence-electron chi connectivity index (χ3n) is 5.25. The second kappa shape index (κ2) is 11.6. The van der Waals surface area contributed by atoms with Crippen LogP contribution >= 0.6 is 0 Å². The quantitative estimate of drug-likeness (QED) is 0.356. The van der Waals surface area contributed by atoms with Crippen LogP contribution in [0.5, 0.6) is 5.75 Å². The highest BCUT2D eigenvalue weighted by molar-refractivity contribution is 5.84. The van der Waals surface area contributed by atoms with Crippen LogP contribution in [-0.4, -0.2) is 57.1 Å². The van der Waals surface area contributed by atoms with Crippen molar-refractivity contribution in [2.45, 2.75) is 45.4 Å². The Labute approximate surface area is 173 Å². The molecule has 162 valence electrons. The zero-order valence-electron chi connectivity index (χ0n) is 18.0. The van der Waals surface area contributed by atoms with Crippen molar-refractivity contribution in [3.05, 3.63) is 30.1 Å². The van der Waals surface area contributed by atoms with Gasteiger partial charge in [-0.05, 0) is 56.9 Å². The van der Waals surface area contributed by atoms with Crippen LogP contribution in [0, 0.1) is 11.2 Å². The molecule has 1 aliphatic carbocycles. The van der Waals surface area contributed by atoms with Crippen LogP contribution in [0.25, 0.3) is 0 Å². The highest BCUT2D eigenvalue weighted by atomic mass is 19.1. The number of aliphatic imine (C=N–C) groups is 1. The molecule has 0 unspecified atom stereocenters. The summed E-state index contributed by atoms with van der Waals surface area (Å²) in [6, 6.07) is 6.07. The molecule has 0 radical (unpaired) electrons. The molecule has 2 N–H and O–H groups in total. The standard InChI is InChI=1S/C22H35FN4O2/c1-4-24-21(26-17-22(13-5-6-14-22)20(28)27(2)3)25-15-7-8-16-29-19-11-9-18(23)10-12-19/h9-12H,4-8,13-17H2,1-3H3,(H2,24,25,26). The SMILES string of the molecule is CCNC(=NCC1(C(=O)N(C)C)CCCC1)NCCCCOc1ccc(F)cc1. The highest BCUT2D eigenvalue weighted by Crippen LogP contribution is 2.39. The van der Waals surface area contributed by atoms with E-state index in [9.17, 15) is 9.18 Å². The van der Waals surface area contributed by atoms with Crippen molar-refractivity contribution in [1.29, 1.82) is 0 Å². The molecule has 0 atom stereocenters. The molecule has 1 aliphatic rings. The van der Waals surface area contributed by atoms with Gasteiger partial charge in [0.1, 0.15) is 11.6 Å². The summed E-state index contributed by atoms with van der Waals surface area (Å²) in [5.41, 5.74) is -0.352. The first-order chi connectivity index (χ1) is 14.0. The van der Waals surface area contributed by atoms with Gasteiger partial charge in [0.25, 0.3) is 0 Å². The number of benzene rings is 1. The minimum absolute atomic E-state index is 0.188. The van der Waals surface area contributed by atoms with Gasteiger partial charge in [0.15, 0.2) is 5.96 Å². The van der Waals surface area contributed by atoms with Gasteiger partial charge in [0, 0.05) is 27.2 Å². The fourth-order valence-electron chi connectivity index (χ4n) is 3.69. The molecule has 6 nitrogen and oxygen atoms in total. The molecule has 0 spiro atoms. The maximum Gasteiger partial charge on any atom is 0.230 e. The Bertz CT molecular complexity index is 655. The maximum atomic E-state index is 12.9. The highest BCUT2D eigenvalue weighted by Gasteiger charge is 2.42. The van der Waals surface area contributed by atoms with E-state index in [2.05, 4.69) is 10.6 Å². The van der Waals surface area contributed by atoms with Crippen molar-refractivity contribution in [3.63, 3.8) is 0 Å². The van der Waals surface area contributed by atoms with Crippen LogP contribution in [0.3, 0.4) is 0 Å². The van der Waals surface area contributed by atoms with Gasteiger partial charge < -0.3 is 20.3 Å². The number of rotatable bonds is 10. The summed E-state index contributed by atoms with van der Waals surface area (Å²) in [4.78, 5) is 19.1. The van der Waals surface area contributed by atoms with E-state index in [1.807, 2.05) is 21.0 Å². The summed E-state index contributed by atoms with van der Waals surface area (Å²) in [5.74, 6) is 1.36. The minimum atomic E-state index is -0.352. The zero-order valence-corrected chi connectivity index (χ0v) is 18.0. The second-order valence-electron chi connectivity index (χ2n) is 7.82. The third kappa shape index (κ3) is 7.22. The predicted molar refractivity (Wildman–Crippen MR) is 115 cm³/mol. The molecular weight excluding hydrogens is 371 g/mol. The number of guanidine groups is 1. The molecule has 0 heterocycles. The van der Waals surface area contributed by atoms with E-state index >= 15 is 0 Å². The monoisotopic (exact) mass is 406 g/mol. The second-order valence-corrected chi connectivity index (χ2v) is 7.82. The number of nitrogens with one attached hydrogen (secondary N) is 2. The molecule has 29 heavy (non-hydrogen) atoms. The Morgan fingerprint density at radius 2 is 1.86 bits per heavy atom. The minimum Gasteiger partial charge on any atom is -0.494 e. The Morgan fingerprint density at radius 1 is 1.17 bits per heavy atom. The molecule has 1 aromatic carbocycles. The van der Waals surface area contributed by atoms with Crippen LogP contribution in [0.15, 0.2) is 29.3 Å². The van der Waals surface area contributed by atoms with Crippen LogP contribution in [0.4, 0.5) is 4.39 Å². The molecule has 7 heteroatoms. The molecule has 0 saturated heterocycles. The summed E-state index contributed by atoms with van der Waals surface area (Å²) >= 11 is 0. The van der Waals surface area contributed by atoms with Crippen LogP contribution < -0.4 is 15.4 Å². The number of ether oxygens (including phenoxy) is 1.